The molecule has 0 aliphatic rings. The Morgan fingerprint density at radius 1 is 0.167 bits per heavy atom. The third kappa shape index (κ3) is 32.0. The molecule has 144 heavy (non-hydrogen) atoms. The van der Waals surface area contributed by atoms with E-state index in [4.69, 9.17) is 11.6 Å². The second-order valence-electron chi connectivity index (χ2n) is 33.7. The van der Waals surface area contributed by atoms with Crippen molar-refractivity contribution in [2.75, 3.05) is 0 Å². The van der Waals surface area contributed by atoms with Crippen molar-refractivity contribution < 1.29 is 0 Å². The van der Waals surface area contributed by atoms with E-state index >= 15 is 0 Å². The van der Waals surface area contributed by atoms with Crippen molar-refractivity contribution >= 4 is 11.6 Å². The summed E-state index contributed by atoms with van der Waals surface area (Å²) in [4.78, 5) is 85.8. The maximum atomic E-state index is 6.02. The third-order valence-corrected chi connectivity index (χ3v) is 22.8. The molecule has 0 spiro atoms. The molecule has 0 amide bonds. The summed E-state index contributed by atoms with van der Waals surface area (Å²) in [5.41, 5.74) is 42.0. The van der Waals surface area contributed by atoms with E-state index in [1.807, 2.05) is 380 Å². The molecule has 20 nitrogen and oxygen atoms in total. The number of hydrogen-bond acceptors (Lipinski definition) is 20. The van der Waals surface area contributed by atoms with Crippen LogP contribution in [0.1, 0.15) is 95.8 Å². The first-order valence-corrected chi connectivity index (χ1v) is 47.5. The summed E-state index contributed by atoms with van der Waals surface area (Å²) < 4.78 is 0. The molecule has 0 radical (unpaired) electrons. The fourth-order valence-corrected chi connectivity index (χ4v) is 15.2. The lowest BCUT2D eigenvalue weighted by atomic mass is 10.0. The van der Waals surface area contributed by atoms with E-state index in [9.17, 15) is 0 Å². The number of hydrogen-bond donors (Lipinski definition) is 0. The van der Waals surface area contributed by atoms with Gasteiger partial charge in [-0.1, -0.05) is 84.4 Å². The molecule has 0 unspecified atom stereocenters. The van der Waals surface area contributed by atoms with Crippen molar-refractivity contribution in [2.45, 2.75) is 118 Å². The molecule has 21 rings (SSSR count). The van der Waals surface area contributed by atoms with Gasteiger partial charge in [0.1, 0.15) is 0 Å². The standard InChI is InChI=1S/C17H13ClN2.7C12H12N2.2C11H10N2/c1-12-15(17-7-2-3-10-19-17)8-9-16(20-12)13-5-4-6-14(18)11-13;1-9-6-7-11(10(2)14-9)12-5-3-4-8-13-12;1-9-10(2)13-8-6-11(9)12-5-3-4-7-14-12;1-9-8-14-10(2)7-11(9)12-5-3-4-6-13-12;1-9-7-13-8-11(10(9)2)12-5-3-4-6-14-12;1-9-7-11(8-10(2)14-9)12-5-3-4-6-13-12;1-9-7-13-8-10(2)12(9)11-5-3-4-6-14-11;1-9-7-10(2)14-8-11(9)12-5-3-4-6-13-12;1-9-8-12-7-5-10(9)11-4-2-3-6-13-11;1-9-8-10(5-7-12-9)11-4-2-3-6-13-11/h2-11H,1H3;7*3-8H,1-2H3;2*2-8H,1H3. The molecule has 0 bridgehead atoms. The summed E-state index contributed by atoms with van der Waals surface area (Å²) in [6.07, 6.45) is 36.6. The second-order valence-corrected chi connectivity index (χ2v) is 34.2. The van der Waals surface area contributed by atoms with Crippen molar-refractivity contribution in [3.63, 3.8) is 0 Å². The molecular formula is C123H117ClN20. The van der Waals surface area contributed by atoms with Crippen molar-refractivity contribution in [1.29, 1.82) is 0 Å². The zero-order valence-electron chi connectivity index (χ0n) is 84.4. The Labute approximate surface area is 851 Å². The van der Waals surface area contributed by atoms with E-state index in [0.717, 1.165) is 186 Å². The Morgan fingerprint density at radius 3 is 1.03 bits per heavy atom. The van der Waals surface area contributed by atoms with E-state index in [1.54, 1.807) is 55.8 Å². The number of rotatable bonds is 11. The van der Waals surface area contributed by atoms with Crippen molar-refractivity contribution in [1.82, 2.24) is 99.7 Å². The van der Waals surface area contributed by atoms with Crippen LogP contribution in [-0.4, -0.2) is 99.7 Å². The molecule has 0 N–H and O–H groups in total. The Hall–Kier alpha value is -17.5. The number of halogens is 1. The van der Waals surface area contributed by atoms with Crippen LogP contribution in [0.25, 0.3) is 124 Å². The summed E-state index contributed by atoms with van der Waals surface area (Å²) in [6.45, 7) is 34.5. The lowest BCUT2D eigenvalue weighted by molar-refractivity contribution is 1.12. The van der Waals surface area contributed by atoms with Crippen molar-refractivity contribution in [3.8, 4) is 124 Å². The van der Waals surface area contributed by atoms with Gasteiger partial charge < -0.3 is 0 Å². The summed E-state index contributed by atoms with van der Waals surface area (Å²) in [7, 11) is 0. The van der Waals surface area contributed by atoms with Gasteiger partial charge in [-0.3, -0.25) is 99.7 Å². The highest BCUT2D eigenvalue weighted by molar-refractivity contribution is 6.30. The highest BCUT2D eigenvalue weighted by atomic mass is 35.5. The van der Waals surface area contributed by atoms with Crippen LogP contribution in [-0.2, 0) is 0 Å². The second kappa shape index (κ2) is 54.8. The Kier molecular flexibility index (Phi) is 40.1. The molecule has 20 heterocycles. The summed E-state index contributed by atoms with van der Waals surface area (Å²) in [6, 6.07) is 91.2. The first-order chi connectivity index (χ1) is 69.9. The highest BCUT2D eigenvalue weighted by Crippen LogP contribution is 2.31. The number of nitrogens with zero attached hydrogens (tertiary/aromatic N) is 20. The molecule has 0 saturated carbocycles. The van der Waals surface area contributed by atoms with Crippen LogP contribution in [0.3, 0.4) is 0 Å². The molecule has 0 atom stereocenters. The van der Waals surface area contributed by atoms with Crippen molar-refractivity contribution in [2.24, 2.45) is 0 Å². The quantitative estimate of drug-likeness (QED) is 0.117. The van der Waals surface area contributed by atoms with Gasteiger partial charge in [0.05, 0.1) is 62.6 Å². The van der Waals surface area contributed by atoms with Crippen LogP contribution in [0, 0.1) is 118 Å². The van der Waals surface area contributed by atoms with Gasteiger partial charge >= 0.3 is 0 Å². The van der Waals surface area contributed by atoms with Crippen LogP contribution >= 0.6 is 11.6 Å². The van der Waals surface area contributed by atoms with Gasteiger partial charge in [0.25, 0.3) is 0 Å². The highest BCUT2D eigenvalue weighted by Gasteiger charge is 2.14. The molecule has 0 aliphatic heterocycles. The van der Waals surface area contributed by atoms with Crippen LogP contribution in [0.15, 0.2) is 403 Å². The van der Waals surface area contributed by atoms with Gasteiger partial charge in [0.15, 0.2) is 0 Å². The first-order valence-electron chi connectivity index (χ1n) is 47.1. The Morgan fingerprint density at radius 2 is 0.556 bits per heavy atom. The normalized spacial score (nSPS) is 10.2. The zero-order valence-corrected chi connectivity index (χ0v) is 85.2. The van der Waals surface area contributed by atoms with Gasteiger partial charge in [-0.15, -0.1) is 0 Å². The molecule has 0 fully saturated rings. The van der Waals surface area contributed by atoms with E-state index < -0.39 is 0 Å². The van der Waals surface area contributed by atoms with Gasteiger partial charge in [-0.05, 0) is 368 Å². The monoisotopic (exact) mass is 1910 g/mol. The fourth-order valence-electron chi connectivity index (χ4n) is 15.1. The number of pyridine rings is 20. The van der Waals surface area contributed by atoms with Crippen LogP contribution in [0.2, 0.25) is 5.02 Å². The van der Waals surface area contributed by atoms with Crippen LogP contribution in [0.5, 0.6) is 0 Å². The topological polar surface area (TPSA) is 258 Å². The van der Waals surface area contributed by atoms with Gasteiger partial charge in [0, 0.05) is 241 Å². The number of benzene rings is 1. The van der Waals surface area contributed by atoms with E-state index in [1.165, 1.54) is 38.9 Å². The maximum Gasteiger partial charge on any atom is 0.0720 e. The van der Waals surface area contributed by atoms with E-state index in [-0.39, 0.29) is 0 Å². The molecule has 716 valence electrons. The summed E-state index contributed by atoms with van der Waals surface area (Å²) in [5, 5.41) is 0.718. The Bertz CT molecular complexity index is 7300. The van der Waals surface area contributed by atoms with Crippen molar-refractivity contribution in [3.05, 3.63) is 504 Å². The van der Waals surface area contributed by atoms with E-state index in [2.05, 4.69) is 185 Å². The number of aryl methyl sites for hydroxylation is 15. The minimum absolute atomic E-state index is 0.718. The molecule has 0 saturated heterocycles. The van der Waals surface area contributed by atoms with Gasteiger partial charge in [-0.25, -0.2) is 0 Å². The fraction of sp³-hybridized carbons (Fsp3) is 0.138. The van der Waals surface area contributed by atoms with Crippen LogP contribution < -0.4 is 0 Å². The average Bonchev–Trinajstić information content (AvgIpc) is 0.869. The smallest absolute Gasteiger partial charge is 0.0720 e. The lowest BCUT2D eigenvalue weighted by Crippen LogP contribution is -1.92. The molecule has 1 aromatic carbocycles. The maximum absolute atomic E-state index is 6.02. The average molecular weight is 1910 g/mol. The first kappa shape index (κ1) is 105. The molecule has 21 heteroatoms. The zero-order chi connectivity index (χ0) is 102. The largest absolute Gasteiger partial charge is 0.264 e. The van der Waals surface area contributed by atoms with Gasteiger partial charge in [0.2, 0.25) is 0 Å². The minimum Gasteiger partial charge on any atom is -0.264 e. The summed E-state index contributed by atoms with van der Waals surface area (Å²) >= 11 is 6.02. The predicted octanol–water partition coefficient (Wildman–Crippen LogP) is 29.0. The molecule has 0 aliphatic carbocycles. The van der Waals surface area contributed by atoms with E-state index in [0.29, 0.717) is 0 Å². The SMILES string of the molecule is Cc1cc(-c2ccccn2)c(C)cn1.Cc1cc(-c2ccccn2)cc(C)n1.Cc1cc(-c2ccccn2)ccn1.Cc1cc(C)c(-c2ccccn2)cn1.Cc1ccc(-c2ccccn2)c(C)n1.Cc1cncc(-c2ccccn2)c1C.Cc1cncc(C)c1-c1ccccn1.Cc1cnccc1-c1ccccn1.Cc1nc(-c2cccc(Cl)c2)ccc1-c1ccccn1.Cc1nccc(-c2ccccn2)c1C. The predicted molar refractivity (Wildman–Crippen MR) is 586 cm³/mol. The number of aromatic nitrogens is 20. The minimum atomic E-state index is 0.718. The summed E-state index contributed by atoms with van der Waals surface area (Å²) in [5.74, 6) is 0. The molecule has 21 aromatic rings. The molecule has 20 aromatic heterocycles. The van der Waals surface area contributed by atoms with Gasteiger partial charge in [-0.2, -0.15) is 0 Å². The third-order valence-electron chi connectivity index (χ3n) is 22.6. The molecular weight excluding hydrogens is 1790 g/mol. The van der Waals surface area contributed by atoms with Crippen LogP contribution in [0.4, 0.5) is 0 Å². The lowest BCUT2D eigenvalue weighted by Gasteiger charge is -2.07. The Balaban J connectivity index is 0.000000143.